The third-order valence-corrected chi connectivity index (χ3v) is 5.63. The summed E-state index contributed by atoms with van der Waals surface area (Å²) in [7, 11) is 0. The van der Waals surface area contributed by atoms with Gasteiger partial charge in [0.15, 0.2) is 5.82 Å². The van der Waals surface area contributed by atoms with Crippen LogP contribution in [0.4, 0.5) is 10.5 Å². The third-order valence-electron chi connectivity index (χ3n) is 5.63. The van der Waals surface area contributed by atoms with E-state index in [1.54, 1.807) is 22.1 Å². The first-order chi connectivity index (χ1) is 16.1. The summed E-state index contributed by atoms with van der Waals surface area (Å²) < 4.78 is 1.57. The number of benzene rings is 1. The standard InChI is InChI=1S/C23H28N8O2/c1-2-18-6-3-4-8-20(18)28-21(32)15-29-10-12-30(13-11-29)23(33)26-14-19-7-5-9-25-22(19)31-17-24-16-27-31/h3-9,16-17H,2,10-15H2,1H3,(H,26,33)(H,28,32). The molecule has 172 valence electrons. The smallest absolute Gasteiger partial charge is 0.317 e. The zero-order valence-electron chi connectivity index (χ0n) is 18.6. The number of urea groups is 1. The molecule has 0 radical (unpaired) electrons. The van der Waals surface area contributed by atoms with Crippen LogP contribution >= 0.6 is 0 Å². The number of hydrogen-bond acceptors (Lipinski definition) is 6. The summed E-state index contributed by atoms with van der Waals surface area (Å²) in [5.74, 6) is 0.599. The Bertz CT molecular complexity index is 1080. The van der Waals surface area contributed by atoms with Crippen LogP contribution in [0.5, 0.6) is 0 Å². The molecule has 3 aromatic rings. The highest BCUT2D eigenvalue weighted by Crippen LogP contribution is 2.15. The Hall–Kier alpha value is -3.79. The SMILES string of the molecule is CCc1ccccc1NC(=O)CN1CCN(C(=O)NCc2cccnc2-n2cncn2)CC1. The average molecular weight is 449 g/mol. The highest BCUT2D eigenvalue weighted by molar-refractivity contribution is 5.93. The topological polar surface area (TPSA) is 108 Å². The minimum atomic E-state index is -0.135. The molecule has 0 bridgehead atoms. The lowest BCUT2D eigenvalue weighted by atomic mass is 10.1. The average Bonchev–Trinajstić information content (AvgIpc) is 3.38. The minimum absolute atomic E-state index is 0.0361. The van der Waals surface area contributed by atoms with Gasteiger partial charge in [0.25, 0.3) is 0 Å². The normalized spacial score (nSPS) is 14.2. The van der Waals surface area contributed by atoms with Gasteiger partial charge >= 0.3 is 6.03 Å². The van der Waals surface area contributed by atoms with E-state index in [2.05, 4.69) is 37.5 Å². The van der Waals surface area contributed by atoms with E-state index in [1.165, 1.54) is 6.33 Å². The number of anilines is 1. The number of piperazine rings is 1. The number of amides is 3. The molecule has 2 aromatic heterocycles. The van der Waals surface area contributed by atoms with Gasteiger partial charge in [-0.05, 0) is 24.1 Å². The lowest BCUT2D eigenvalue weighted by molar-refractivity contribution is -0.117. The molecule has 0 saturated carbocycles. The zero-order chi connectivity index (χ0) is 23.0. The van der Waals surface area contributed by atoms with Crippen molar-refractivity contribution in [3.05, 3.63) is 66.4 Å². The van der Waals surface area contributed by atoms with Gasteiger partial charge in [-0.3, -0.25) is 9.69 Å². The molecule has 0 aliphatic carbocycles. The van der Waals surface area contributed by atoms with Crippen LogP contribution in [0.2, 0.25) is 0 Å². The van der Waals surface area contributed by atoms with E-state index in [1.807, 2.05) is 36.4 Å². The zero-order valence-corrected chi connectivity index (χ0v) is 18.6. The molecule has 10 nitrogen and oxygen atoms in total. The Labute approximate surface area is 192 Å². The van der Waals surface area contributed by atoms with Crippen LogP contribution < -0.4 is 10.6 Å². The maximum absolute atomic E-state index is 12.7. The van der Waals surface area contributed by atoms with Crippen molar-refractivity contribution in [3.63, 3.8) is 0 Å². The number of hydrogen-bond donors (Lipinski definition) is 2. The third kappa shape index (κ3) is 5.72. The maximum atomic E-state index is 12.7. The van der Waals surface area contributed by atoms with E-state index in [-0.39, 0.29) is 11.9 Å². The fraction of sp³-hybridized carbons (Fsp3) is 0.348. The first kappa shape index (κ1) is 22.4. The Morgan fingerprint density at radius 2 is 1.82 bits per heavy atom. The molecule has 1 aliphatic heterocycles. The van der Waals surface area contributed by atoms with Gasteiger partial charge < -0.3 is 15.5 Å². The van der Waals surface area contributed by atoms with Crippen LogP contribution in [0, 0.1) is 0 Å². The van der Waals surface area contributed by atoms with E-state index < -0.39 is 0 Å². The second-order valence-corrected chi connectivity index (χ2v) is 7.81. The fourth-order valence-electron chi connectivity index (χ4n) is 3.83. The Morgan fingerprint density at radius 1 is 1.03 bits per heavy atom. The molecule has 3 heterocycles. The maximum Gasteiger partial charge on any atom is 0.317 e. The molecule has 33 heavy (non-hydrogen) atoms. The van der Waals surface area contributed by atoms with Gasteiger partial charge in [-0.15, -0.1) is 0 Å². The quantitative estimate of drug-likeness (QED) is 0.570. The number of rotatable bonds is 7. The summed E-state index contributed by atoms with van der Waals surface area (Å²) in [6.45, 7) is 5.13. The summed E-state index contributed by atoms with van der Waals surface area (Å²) in [5.41, 5.74) is 2.83. The molecule has 0 unspecified atom stereocenters. The number of nitrogens with one attached hydrogen (secondary N) is 2. The number of carbonyl (C=O) groups excluding carboxylic acids is 2. The molecule has 0 spiro atoms. The van der Waals surface area contributed by atoms with E-state index in [9.17, 15) is 9.59 Å². The van der Waals surface area contributed by atoms with Gasteiger partial charge in [0, 0.05) is 50.2 Å². The summed E-state index contributed by atoms with van der Waals surface area (Å²) in [5, 5.41) is 10.1. The highest BCUT2D eigenvalue weighted by Gasteiger charge is 2.22. The van der Waals surface area contributed by atoms with Crippen LogP contribution in [0.1, 0.15) is 18.1 Å². The predicted octanol–water partition coefficient (Wildman–Crippen LogP) is 1.69. The minimum Gasteiger partial charge on any atom is -0.334 e. The Morgan fingerprint density at radius 3 is 2.58 bits per heavy atom. The van der Waals surface area contributed by atoms with Gasteiger partial charge in [0.1, 0.15) is 12.7 Å². The number of para-hydroxylation sites is 1. The Kier molecular flexibility index (Phi) is 7.26. The fourth-order valence-corrected chi connectivity index (χ4v) is 3.83. The van der Waals surface area contributed by atoms with E-state index in [0.29, 0.717) is 45.1 Å². The van der Waals surface area contributed by atoms with Gasteiger partial charge in [0.05, 0.1) is 6.54 Å². The lowest BCUT2D eigenvalue weighted by Crippen LogP contribution is -2.52. The van der Waals surface area contributed by atoms with Crippen LogP contribution in [0.25, 0.3) is 5.82 Å². The number of pyridine rings is 1. The first-order valence-corrected chi connectivity index (χ1v) is 11.1. The van der Waals surface area contributed by atoms with E-state index in [4.69, 9.17) is 0 Å². The number of aryl methyl sites for hydroxylation is 1. The first-order valence-electron chi connectivity index (χ1n) is 11.1. The van der Waals surface area contributed by atoms with E-state index >= 15 is 0 Å². The summed E-state index contributed by atoms with van der Waals surface area (Å²) in [6, 6.07) is 11.4. The lowest BCUT2D eigenvalue weighted by Gasteiger charge is -2.34. The largest absolute Gasteiger partial charge is 0.334 e. The second-order valence-electron chi connectivity index (χ2n) is 7.81. The van der Waals surface area contributed by atoms with Crippen LogP contribution in [-0.2, 0) is 17.8 Å². The number of nitrogens with zero attached hydrogens (tertiary/aromatic N) is 6. The van der Waals surface area contributed by atoms with Gasteiger partial charge in [0.2, 0.25) is 5.91 Å². The van der Waals surface area contributed by atoms with Crippen molar-refractivity contribution >= 4 is 17.6 Å². The summed E-state index contributed by atoms with van der Waals surface area (Å²) in [4.78, 5) is 37.3. The number of aromatic nitrogens is 4. The molecule has 3 amide bonds. The monoisotopic (exact) mass is 448 g/mol. The second kappa shape index (κ2) is 10.7. The molecule has 4 rings (SSSR count). The summed E-state index contributed by atoms with van der Waals surface area (Å²) in [6.07, 6.45) is 5.56. The van der Waals surface area contributed by atoms with Crippen LogP contribution in [0.3, 0.4) is 0 Å². The van der Waals surface area contributed by atoms with Crippen molar-refractivity contribution in [2.45, 2.75) is 19.9 Å². The van der Waals surface area contributed by atoms with Crippen molar-refractivity contribution < 1.29 is 9.59 Å². The molecule has 10 heteroatoms. The molecule has 0 atom stereocenters. The van der Waals surface area contributed by atoms with Gasteiger partial charge in [-0.2, -0.15) is 5.10 Å². The molecular weight excluding hydrogens is 420 g/mol. The summed E-state index contributed by atoms with van der Waals surface area (Å²) >= 11 is 0. The van der Waals surface area contributed by atoms with Crippen LogP contribution in [0.15, 0.2) is 55.2 Å². The van der Waals surface area contributed by atoms with Crippen molar-refractivity contribution in [2.24, 2.45) is 0 Å². The molecule has 2 N–H and O–H groups in total. The highest BCUT2D eigenvalue weighted by atomic mass is 16.2. The van der Waals surface area contributed by atoms with Crippen molar-refractivity contribution in [2.75, 3.05) is 38.0 Å². The molecule has 1 fully saturated rings. The van der Waals surface area contributed by atoms with E-state index in [0.717, 1.165) is 23.2 Å². The molecular formula is C23H28N8O2. The van der Waals surface area contributed by atoms with Crippen LogP contribution in [-0.4, -0.2) is 74.2 Å². The van der Waals surface area contributed by atoms with Gasteiger partial charge in [-0.1, -0.05) is 31.2 Å². The predicted molar refractivity (Wildman–Crippen MR) is 124 cm³/mol. The molecule has 1 aliphatic rings. The van der Waals surface area contributed by atoms with Crippen molar-refractivity contribution in [3.8, 4) is 5.82 Å². The van der Waals surface area contributed by atoms with Crippen molar-refractivity contribution in [1.82, 2.24) is 34.9 Å². The number of carbonyl (C=O) groups is 2. The van der Waals surface area contributed by atoms with Gasteiger partial charge in [-0.25, -0.2) is 19.4 Å². The molecule has 1 saturated heterocycles. The Balaban J connectivity index is 1.24. The van der Waals surface area contributed by atoms with Crippen molar-refractivity contribution in [1.29, 1.82) is 0 Å². The molecule has 1 aromatic carbocycles.